The second kappa shape index (κ2) is 12.8. The molecule has 1 unspecified atom stereocenters. The number of nitrogens with zero attached hydrogens (tertiary/aromatic N) is 4. The molecule has 1 aliphatic heterocycles. The molecular weight excluding hydrogens is 570 g/mol. The zero-order chi connectivity index (χ0) is 30.6. The van der Waals surface area contributed by atoms with Crippen molar-refractivity contribution in [3.63, 3.8) is 0 Å². The van der Waals surface area contributed by atoms with Crippen molar-refractivity contribution >= 4 is 29.4 Å². The van der Waals surface area contributed by atoms with E-state index in [4.69, 9.17) is 9.84 Å². The maximum Gasteiger partial charge on any atom is 0.240 e. The van der Waals surface area contributed by atoms with Gasteiger partial charge in [0.2, 0.25) is 11.8 Å². The van der Waals surface area contributed by atoms with Crippen LogP contribution < -0.4 is 15.0 Å². The Kier molecular flexibility index (Phi) is 8.47. The van der Waals surface area contributed by atoms with Gasteiger partial charge in [-0.15, -0.1) is 11.8 Å². The molecule has 3 aromatic carbocycles. The highest BCUT2D eigenvalue weighted by Crippen LogP contribution is 2.50. The number of benzene rings is 3. The molecule has 0 aliphatic carbocycles. The third kappa shape index (κ3) is 5.70. The van der Waals surface area contributed by atoms with E-state index in [2.05, 4.69) is 30.2 Å². The normalized spacial score (nSPS) is 14.6. The minimum Gasteiger partial charge on any atom is -0.496 e. The number of aryl methyl sites for hydroxylation is 1. The summed E-state index contributed by atoms with van der Waals surface area (Å²) in [6, 6.07) is 27.6. The lowest BCUT2D eigenvalue weighted by atomic mass is 9.98. The van der Waals surface area contributed by atoms with Gasteiger partial charge in [-0.05, 0) is 48.7 Å². The summed E-state index contributed by atoms with van der Waals surface area (Å²) in [5.74, 6) is 1.04. The number of thioether (sulfide) groups is 1. The molecule has 8 nitrogen and oxygen atoms in total. The quantitative estimate of drug-likeness (QED) is 0.233. The first kappa shape index (κ1) is 29.2. The molecule has 0 saturated heterocycles. The number of anilines is 1. The lowest BCUT2D eigenvalue weighted by Crippen LogP contribution is -2.42. The molecule has 9 heteroatoms. The Hall–Kier alpha value is -4.89. The highest BCUT2D eigenvalue weighted by Gasteiger charge is 2.38. The van der Waals surface area contributed by atoms with Gasteiger partial charge in [0.25, 0.3) is 0 Å². The molecule has 6 rings (SSSR count). The number of amides is 2. The largest absolute Gasteiger partial charge is 0.496 e. The number of fused-ring (bicyclic) bond motifs is 1. The van der Waals surface area contributed by atoms with Crippen molar-refractivity contribution in [1.82, 2.24) is 20.1 Å². The molecule has 3 heterocycles. The maximum atomic E-state index is 14.0. The predicted octanol–water partition coefficient (Wildman–Crippen LogP) is 6.05. The number of pyridine rings is 1. The van der Waals surface area contributed by atoms with Crippen LogP contribution >= 0.6 is 11.8 Å². The van der Waals surface area contributed by atoms with E-state index in [0.717, 1.165) is 50.5 Å². The zero-order valence-corrected chi connectivity index (χ0v) is 25.7. The third-order valence-corrected chi connectivity index (χ3v) is 9.11. The lowest BCUT2D eigenvalue weighted by Gasteiger charge is -2.24. The first-order valence-electron chi connectivity index (χ1n) is 14.4. The Morgan fingerprint density at radius 3 is 2.57 bits per heavy atom. The predicted molar refractivity (Wildman–Crippen MR) is 174 cm³/mol. The van der Waals surface area contributed by atoms with Gasteiger partial charge in [0.05, 0.1) is 29.5 Å². The topological polar surface area (TPSA) is 89.3 Å². The third-order valence-electron chi connectivity index (χ3n) is 7.88. The Bertz CT molecular complexity index is 1810. The van der Waals surface area contributed by atoms with Crippen LogP contribution in [0, 0.1) is 13.8 Å². The standard InChI is InChI=1S/C35H33N5O3S/c1-23-11-9-16-28(24(23)2)40-35-32(33(38-40)26-13-5-4-6-14-26)34(27-15-7-8-17-29(27)43-3)44-22-31(42)39(35)21-30(41)37-20-25-12-10-18-36-19-25/h4-19,34H,20-22H2,1-3H3,(H,37,41). The van der Waals surface area contributed by atoms with Crippen LogP contribution in [-0.4, -0.2) is 46.0 Å². The number of carbonyl (C=O) groups is 2. The molecule has 0 radical (unpaired) electrons. The highest BCUT2D eigenvalue weighted by molar-refractivity contribution is 8.00. The van der Waals surface area contributed by atoms with Crippen LogP contribution in [-0.2, 0) is 16.1 Å². The number of para-hydroxylation sites is 1. The fraction of sp³-hybridized carbons (Fsp3) is 0.200. The highest BCUT2D eigenvalue weighted by atomic mass is 32.2. The fourth-order valence-electron chi connectivity index (χ4n) is 5.49. The van der Waals surface area contributed by atoms with E-state index in [1.165, 1.54) is 11.8 Å². The van der Waals surface area contributed by atoms with Crippen molar-refractivity contribution in [3.8, 4) is 22.7 Å². The molecular formula is C35H33N5O3S. The Labute approximate surface area is 261 Å². The smallest absolute Gasteiger partial charge is 0.240 e. The number of methoxy groups -OCH3 is 1. The van der Waals surface area contributed by atoms with Gasteiger partial charge in [-0.2, -0.15) is 5.10 Å². The molecule has 2 aromatic heterocycles. The Morgan fingerprint density at radius 1 is 1.00 bits per heavy atom. The van der Waals surface area contributed by atoms with Crippen LogP contribution in [0.4, 0.5) is 5.82 Å². The van der Waals surface area contributed by atoms with E-state index in [1.807, 2.05) is 83.5 Å². The van der Waals surface area contributed by atoms with Gasteiger partial charge >= 0.3 is 0 Å². The van der Waals surface area contributed by atoms with E-state index >= 15 is 0 Å². The number of rotatable bonds is 8. The van der Waals surface area contributed by atoms with E-state index in [9.17, 15) is 9.59 Å². The molecule has 0 spiro atoms. The minimum absolute atomic E-state index is 0.157. The van der Waals surface area contributed by atoms with Crippen molar-refractivity contribution in [1.29, 1.82) is 0 Å². The first-order valence-corrected chi connectivity index (χ1v) is 15.5. The van der Waals surface area contributed by atoms with Gasteiger partial charge < -0.3 is 10.1 Å². The number of hydrogen-bond donors (Lipinski definition) is 1. The average molecular weight is 604 g/mol. The molecule has 2 amide bonds. The molecule has 1 N–H and O–H groups in total. The lowest BCUT2D eigenvalue weighted by molar-refractivity contribution is -0.123. The number of aromatic nitrogens is 3. The SMILES string of the molecule is COc1ccccc1C1SCC(=O)N(CC(=O)NCc2cccnc2)c2c1c(-c1ccccc1)nn2-c1cccc(C)c1C. The second-order valence-electron chi connectivity index (χ2n) is 10.6. The first-order chi connectivity index (χ1) is 21.5. The molecule has 222 valence electrons. The fourth-order valence-corrected chi connectivity index (χ4v) is 6.72. The van der Waals surface area contributed by atoms with Crippen molar-refractivity contribution in [3.05, 3.63) is 125 Å². The van der Waals surface area contributed by atoms with E-state index in [0.29, 0.717) is 12.4 Å². The monoisotopic (exact) mass is 603 g/mol. The summed E-state index contributed by atoms with van der Waals surface area (Å²) in [5.41, 5.74) is 7.34. The molecule has 44 heavy (non-hydrogen) atoms. The summed E-state index contributed by atoms with van der Waals surface area (Å²) in [6.45, 7) is 4.26. The van der Waals surface area contributed by atoms with Crippen molar-refractivity contribution < 1.29 is 14.3 Å². The summed E-state index contributed by atoms with van der Waals surface area (Å²) >= 11 is 1.52. The molecule has 1 aliphatic rings. The van der Waals surface area contributed by atoms with Crippen LogP contribution in [0.25, 0.3) is 16.9 Å². The van der Waals surface area contributed by atoms with Gasteiger partial charge in [-0.25, -0.2) is 4.68 Å². The van der Waals surface area contributed by atoms with Crippen LogP contribution in [0.5, 0.6) is 5.75 Å². The van der Waals surface area contributed by atoms with E-state index in [1.54, 1.807) is 24.4 Å². The summed E-state index contributed by atoms with van der Waals surface area (Å²) in [6.07, 6.45) is 3.41. The Balaban J connectivity index is 1.56. The van der Waals surface area contributed by atoms with E-state index in [-0.39, 0.29) is 29.4 Å². The van der Waals surface area contributed by atoms with Crippen LogP contribution in [0.2, 0.25) is 0 Å². The number of carbonyl (C=O) groups excluding carboxylic acids is 2. The van der Waals surface area contributed by atoms with Gasteiger partial charge in [0.1, 0.15) is 18.1 Å². The molecule has 0 bridgehead atoms. The van der Waals surface area contributed by atoms with Gasteiger partial charge in [-0.1, -0.05) is 66.7 Å². The summed E-state index contributed by atoms with van der Waals surface area (Å²) < 4.78 is 7.66. The van der Waals surface area contributed by atoms with E-state index < -0.39 is 0 Å². The number of ether oxygens (including phenoxy) is 1. The van der Waals surface area contributed by atoms with Gasteiger partial charge in [0.15, 0.2) is 0 Å². The summed E-state index contributed by atoms with van der Waals surface area (Å²) in [7, 11) is 1.66. The van der Waals surface area contributed by atoms with Gasteiger partial charge in [0, 0.05) is 35.6 Å². The zero-order valence-electron chi connectivity index (χ0n) is 24.9. The maximum absolute atomic E-state index is 14.0. The molecule has 5 aromatic rings. The van der Waals surface area contributed by atoms with Crippen molar-refractivity contribution in [2.45, 2.75) is 25.6 Å². The van der Waals surface area contributed by atoms with Crippen molar-refractivity contribution in [2.75, 3.05) is 24.3 Å². The summed E-state index contributed by atoms with van der Waals surface area (Å²) in [4.78, 5) is 33.2. The van der Waals surface area contributed by atoms with Crippen LogP contribution in [0.3, 0.4) is 0 Å². The molecule has 0 fully saturated rings. The van der Waals surface area contributed by atoms with Gasteiger partial charge in [-0.3, -0.25) is 19.5 Å². The molecule has 1 atom stereocenters. The molecule has 0 saturated carbocycles. The second-order valence-corrected chi connectivity index (χ2v) is 11.7. The Morgan fingerprint density at radius 2 is 1.80 bits per heavy atom. The minimum atomic E-state index is -0.289. The summed E-state index contributed by atoms with van der Waals surface area (Å²) in [5, 5.41) is 7.90. The number of hydrogen-bond acceptors (Lipinski definition) is 6. The van der Waals surface area contributed by atoms with Crippen molar-refractivity contribution in [2.24, 2.45) is 0 Å². The number of nitrogens with one attached hydrogen (secondary N) is 1. The van der Waals surface area contributed by atoms with Crippen LogP contribution in [0.15, 0.2) is 97.3 Å². The average Bonchev–Trinajstić information content (AvgIpc) is 3.38. The van der Waals surface area contributed by atoms with Crippen LogP contribution in [0.1, 0.15) is 33.1 Å².